The molecule has 0 heterocycles. The van der Waals surface area contributed by atoms with Crippen LogP contribution in [0, 0.1) is 0 Å². The third kappa shape index (κ3) is 9.02. The summed E-state index contributed by atoms with van der Waals surface area (Å²) in [6.07, 6.45) is 0.133. The van der Waals surface area contributed by atoms with Crippen molar-refractivity contribution in [1.82, 2.24) is 5.43 Å². The van der Waals surface area contributed by atoms with Gasteiger partial charge in [0.1, 0.15) is 0 Å². The Morgan fingerprint density at radius 2 is 1.94 bits per heavy atom. The third-order valence-corrected chi connectivity index (χ3v) is 1.94. The van der Waals surface area contributed by atoms with Gasteiger partial charge in [0.05, 0.1) is 19.8 Å². The summed E-state index contributed by atoms with van der Waals surface area (Å²) in [7, 11) is 3.13. The largest absolute Gasteiger partial charge is 0.385 e. The maximum absolute atomic E-state index is 11.2. The van der Waals surface area contributed by atoms with Crippen LogP contribution in [0.15, 0.2) is 0 Å². The van der Waals surface area contributed by atoms with Crippen LogP contribution in [0.2, 0.25) is 0 Å². The molecule has 0 saturated carbocycles. The number of methoxy groups -OCH3 is 2. The van der Waals surface area contributed by atoms with Gasteiger partial charge < -0.3 is 18.9 Å². The molecule has 0 rings (SSSR count). The number of carbonyl (C=O) groups is 1. The summed E-state index contributed by atoms with van der Waals surface area (Å²) >= 11 is 0. The van der Waals surface area contributed by atoms with Crippen LogP contribution in [-0.2, 0) is 23.7 Å². The molecule has 1 amide bonds. The Hall–Kier alpha value is -0.730. The smallest absolute Gasteiger partial charge is 0.265 e. The van der Waals surface area contributed by atoms with Gasteiger partial charge >= 0.3 is 0 Å². The Labute approximate surface area is 101 Å². The zero-order chi connectivity index (χ0) is 12.9. The first-order valence-electron chi connectivity index (χ1n) is 5.44. The van der Waals surface area contributed by atoms with Crippen LogP contribution in [0.25, 0.3) is 0 Å². The molecule has 0 aliphatic rings. The maximum atomic E-state index is 11.2. The van der Waals surface area contributed by atoms with Crippen molar-refractivity contribution in [2.75, 3.05) is 47.3 Å². The second-order valence-corrected chi connectivity index (χ2v) is 3.28. The van der Waals surface area contributed by atoms with Crippen molar-refractivity contribution in [3.63, 3.8) is 0 Å². The number of amides is 1. The highest BCUT2D eigenvalue weighted by Gasteiger charge is 2.17. The lowest BCUT2D eigenvalue weighted by atomic mass is 10.3. The molecule has 102 valence electrons. The Morgan fingerprint density at radius 3 is 2.53 bits per heavy atom. The highest BCUT2D eigenvalue weighted by Crippen LogP contribution is 1.94. The van der Waals surface area contributed by atoms with E-state index in [1.165, 1.54) is 7.11 Å². The van der Waals surface area contributed by atoms with Gasteiger partial charge in [-0.15, -0.1) is 0 Å². The second-order valence-electron chi connectivity index (χ2n) is 3.28. The molecule has 0 saturated heterocycles. The number of carbonyl (C=O) groups excluding carboxylic acids is 1. The number of rotatable bonds is 11. The Morgan fingerprint density at radius 1 is 1.18 bits per heavy atom. The van der Waals surface area contributed by atoms with Gasteiger partial charge in [-0.05, 0) is 6.42 Å². The molecule has 0 spiro atoms. The fourth-order valence-electron chi connectivity index (χ4n) is 1.10. The van der Waals surface area contributed by atoms with Crippen molar-refractivity contribution >= 4 is 5.91 Å². The third-order valence-electron chi connectivity index (χ3n) is 1.94. The topological polar surface area (TPSA) is 92.0 Å². The van der Waals surface area contributed by atoms with Crippen molar-refractivity contribution in [2.45, 2.75) is 12.5 Å². The quantitative estimate of drug-likeness (QED) is 0.213. The van der Waals surface area contributed by atoms with Crippen LogP contribution >= 0.6 is 0 Å². The second kappa shape index (κ2) is 11.7. The molecule has 0 aromatic heterocycles. The van der Waals surface area contributed by atoms with Crippen LogP contribution in [-0.4, -0.2) is 59.3 Å². The van der Waals surface area contributed by atoms with Crippen molar-refractivity contribution in [3.05, 3.63) is 0 Å². The Bertz CT molecular complexity index is 192. The molecule has 0 fully saturated rings. The van der Waals surface area contributed by atoms with Gasteiger partial charge in [0.15, 0.2) is 6.10 Å². The van der Waals surface area contributed by atoms with Crippen LogP contribution in [0.4, 0.5) is 0 Å². The standard InChI is InChI=1S/C10H22N2O5/c1-14-4-3-5-16-6-7-17-9(8-15-2)10(13)12-11/h9H,3-8,11H2,1-2H3,(H,12,13). The molecular formula is C10H22N2O5. The molecule has 7 nitrogen and oxygen atoms in total. The summed E-state index contributed by atoms with van der Waals surface area (Å²) in [5.41, 5.74) is 2.02. The number of nitrogens with one attached hydrogen (secondary N) is 1. The van der Waals surface area contributed by atoms with E-state index in [1.807, 2.05) is 5.43 Å². The minimum Gasteiger partial charge on any atom is -0.385 e. The van der Waals surface area contributed by atoms with E-state index in [0.717, 1.165) is 6.42 Å². The highest BCUT2D eigenvalue weighted by atomic mass is 16.6. The van der Waals surface area contributed by atoms with Gasteiger partial charge in [0, 0.05) is 27.4 Å². The van der Waals surface area contributed by atoms with E-state index in [4.69, 9.17) is 24.8 Å². The van der Waals surface area contributed by atoms with Crippen molar-refractivity contribution in [3.8, 4) is 0 Å². The predicted octanol–water partition coefficient (Wildman–Crippen LogP) is -0.939. The Kier molecular flexibility index (Phi) is 11.2. The highest BCUT2D eigenvalue weighted by molar-refractivity contribution is 5.80. The molecule has 3 N–H and O–H groups in total. The van der Waals surface area contributed by atoms with Gasteiger partial charge in [-0.25, -0.2) is 5.84 Å². The summed E-state index contributed by atoms with van der Waals surface area (Å²) in [6, 6.07) is 0. The van der Waals surface area contributed by atoms with Gasteiger partial charge in [-0.1, -0.05) is 0 Å². The Balaban J connectivity index is 3.51. The summed E-state index contributed by atoms with van der Waals surface area (Å²) in [5.74, 6) is 4.60. The van der Waals surface area contributed by atoms with Gasteiger partial charge in [0.2, 0.25) is 0 Å². The first-order valence-corrected chi connectivity index (χ1v) is 5.44. The van der Waals surface area contributed by atoms with Crippen LogP contribution in [0.5, 0.6) is 0 Å². The van der Waals surface area contributed by atoms with E-state index in [1.54, 1.807) is 7.11 Å². The lowest BCUT2D eigenvalue weighted by molar-refractivity contribution is -0.137. The summed E-state index contributed by atoms with van der Waals surface area (Å²) in [6.45, 7) is 2.17. The number of nitrogens with two attached hydrogens (primary N) is 1. The lowest BCUT2D eigenvalue weighted by Crippen LogP contribution is -2.43. The van der Waals surface area contributed by atoms with E-state index < -0.39 is 12.0 Å². The molecular weight excluding hydrogens is 228 g/mol. The van der Waals surface area contributed by atoms with E-state index in [0.29, 0.717) is 26.4 Å². The maximum Gasteiger partial charge on any atom is 0.265 e. The minimum absolute atomic E-state index is 0.159. The predicted molar refractivity (Wildman–Crippen MR) is 61.3 cm³/mol. The van der Waals surface area contributed by atoms with Crippen molar-refractivity contribution in [2.24, 2.45) is 5.84 Å². The average Bonchev–Trinajstić information content (AvgIpc) is 2.35. The van der Waals surface area contributed by atoms with E-state index in [9.17, 15) is 4.79 Å². The van der Waals surface area contributed by atoms with Crippen molar-refractivity contribution < 1.29 is 23.7 Å². The molecule has 1 unspecified atom stereocenters. The molecule has 0 bridgehead atoms. The zero-order valence-corrected chi connectivity index (χ0v) is 10.4. The molecule has 17 heavy (non-hydrogen) atoms. The fraction of sp³-hybridized carbons (Fsp3) is 0.900. The number of hydrogen-bond donors (Lipinski definition) is 2. The minimum atomic E-state index is -0.701. The van der Waals surface area contributed by atoms with Gasteiger partial charge in [-0.2, -0.15) is 0 Å². The number of hydrazine groups is 1. The number of hydrogen-bond acceptors (Lipinski definition) is 6. The molecule has 1 atom stereocenters. The van der Waals surface area contributed by atoms with Crippen LogP contribution in [0.1, 0.15) is 6.42 Å². The summed E-state index contributed by atoms with van der Waals surface area (Å²) in [5, 5.41) is 0. The lowest BCUT2D eigenvalue weighted by Gasteiger charge is -2.15. The zero-order valence-electron chi connectivity index (χ0n) is 10.4. The van der Waals surface area contributed by atoms with Crippen LogP contribution < -0.4 is 11.3 Å². The molecule has 0 aromatic carbocycles. The van der Waals surface area contributed by atoms with Crippen molar-refractivity contribution in [1.29, 1.82) is 0 Å². The first kappa shape index (κ1) is 16.3. The van der Waals surface area contributed by atoms with Gasteiger partial charge in [0.25, 0.3) is 5.91 Å². The normalized spacial score (nSPS) is 12.4. The molecule has 0 radical (unpaired) electrons. The van der Waals surface area contributed by atoms with E-state index >= 15 is 0 Å². The average molecular weight is 250 g/mol. The van der Waals surface area contributed by atoms with Gasteiger partial charge in [-0.3, -0.25) is 10.2 Å². The molecule has 0 aromatic rings. The monoisotopic (exact) mass is 250 g/mol. The SMILES string of the molecule is COCCCOCCOC(COC)C(=O)NN. The fourth-order valence-corrected chi connectivity index (χ4v) is 1.10. The summed E-state index contributed by atoms with van der Waals surface area (Å²) in [4.78, 5) is 11.2. The summed E-state index contributed by atoms with van der Waals surface area (Å²) < 4.78 is 20.2. The number of ether oxygens (including phenoxy) is 4. The molecule has 0 aliphatic heterocycles. The first-order chi connectivity index (χ1) is 8.26. The molecule has 7 heteroatoms. The molecule has 0 aliphatic carbocycles. The van der Waals surface area contributed by atoms with E-state index in [-0.39, 0.29) is 6.61 Å². The van der Waals surface area contributed by atoms with Crippen LogP contribution in [0.3, 0.4) is 0 Å². The van der Waals surface area contributed by atoms with E-state index in [2.05, 4.69) is 0 Å².